The van der Waals surface area contributed by atoms with E-state index >= 15 is 0 Å². The van der Waals surface area contributed by atoms with Crippen molar-refractivity contribution in [2.75, 3.05) is 5.32 Å². The number of nitrogens with one attached hydrogen (secondary N) is 2. The normalized spacial score (nSPS) is 11.9. The van der Waals surface area contributed by atoms with Crippen LogP contribution in [0.5, 0.6) is 0 Å². The Kier molecular flexibility index (Phi) is 7.13. The monoisotopic (exact) mass is 445 g/mol. The first-order chi connectivity index (χ1) is 14.3. The van der Waals surface area contributed by atoms with Crippen LogP contribution in [0.3, 0.4) is 0 Å². The summed E-state index contributed by atoms with van der Waals surface area (Å²) in [5, 5.41) is 6.30. The number of amides is 2. The zero-order valence-electron chi connectivity index (χ0n) is 16.5. The molecule has 0 spiro atoms. The van der Waals surface area contributed by atoms with Gasteiger partial charge in [0.1, 0.15) is 6.04 Å². The average molecular weight is 446 g/mol. The molecular weight excluding hydrogens is 425 g/mol. The molecule has 6 nitrogen and oxygen atoms in total. The third-order valence-electron chi connectivity index (χ3n) is 4.35. The third-order valence-corrected chi connectivity index (χ3v) is 4.90. The zero-order valence-corrected chi connectivity index (χ0v) is 18.0. The van der Waals surface area contributed by atoms with Crippen LogP contribution in [0, 0.1) is 5.92 Å². The van der Waals surface area contributed by atoms with Gasteiger partial charge in [-0.1, -0.05) is 49.2 Å². The molecule has 1 aromatic heterocycles. The highest BCUT2D eigenvalue weighted by molar-refractivity contribution is 6.36. The van der Waals surface area contributed by atoms with Crippen LogP contribution in [-0.2, 0) is 4.79 Å². The van der Waals surface area contributed by atoms with Crippen molar-refractivity contribution in [1.29, 1.82) is 0 Å². The maximum atomic E-state index is 12.9. The molecule has 3 rings (SSSR count). The Bertz CT molecular complexity index is 1040. The fourth-order valence-corrected chi connectivity index (χ4v) is 3.44. The summed E-state index contributed by atoms with van der Waals surface area (Å²) >= 11 is 12.0. The van der Waals surface area contributed by atoms with Crippen molar-refractivity contribution >= 4 is 40.7 Å². The summed E-state index contributed by atoms with van der Waals surface area (Å²) in [6, 6.07) is 11.1. The van der Waals surface area contributed by atoms with Gasteiger partial charge in [-0.15, -0.1) is 0 Å². The van der Waals surface area contributed by atoms with Gasteiger partial charge < -0.3 is 15.1 Å². The van der Waals surface area contributed by atoms with Gasteiger partial charge in [-0.25, -0.2) is 4.98 Å². The van der Waals surface area contributed by atoms with Crippen molar-refractivity contribution in [2.24, 2.45) is 5.92 Å². The van der Waals surface area contributed by atoms with E-state index in [4.69, 9.17) is 27.6 Å². The maximum absolute atomic E-state index is 12.9. The van der Waals surface area contributed by atoms with E-state index in [-0.39, 0.29) is 22.4 Å². The Hall–Kier alpha value is -2.83. The van der Waals surface area contributed by atoms with E-state index in [2.05, 4.69) is 15.6 Å². The molecule has 1 heterocycles. The number of anilines is 1. The van der Waals surface area contributed by atoms with Crippen molar-refractivity contribution in [2.45, 2.75) is 26.3 Å². The standard InChI is InChI=1S/C22H21Cl2N3O3/c1-13(2)8-19(27-21(28)17-7-6-15(23)10-18(17)24)22(29)26-16-5-3-4-14(9-16)20-11-25-12-30-20/h3-7,9-13,19H,8H2,1-2H3,(H,26,29)(H,27,28). The number of carbonyl (C=O) groups excluding carboxylic acids is 2. The summed E-state index contributed by atoms with van der Waals surface area (Å²) in [7, 11) is 0. The average Bonchev–Trinajstić information content (AvgIpc) is 3.22. The summed E-state index contributed by atoms with van der Waals surface area (Å²) in [5.41, 5.74) is 1.62. The van der Waals surface area contributed by atoms with Crippen molar-refractivity contribution in [3.8, 4) is 11.3 Å². The van der Waals surface area contributed by atoms with Crippen LogP contribution < -0.4 is 10.6 Å². The van der Waals surface area contributed by atoms with E-state index in [1.54, 1.807) is 30.5 Å². The van der Waals surface area contributed by atoms with Crippen LogP contribution in [0.1, 0.15) is 30.6 Å². The summed E-state index contributed by atoms with van der Waals surface area (Å²) in [5.74, 6) is 0.0162. The van der Waals surface area contributed by atoms with Crippen molar-refractivity contribution < 1.29 is 14.0 Å². The van der Waals surface area contributed by atoms with Crippen molar-refractivity contribution in [3.63, 3.8) is 0 Å². The van der Waals surface area contributed by atoms with E-state index in [1.807, 2.05) is 19.9 Å². The Morgan fingerprint density at radius 1 is 1.13 bits per heavy atom. The Morgan fingerprint density at radius 3 is 2.60 bits per heavy atom. The lowest BCUT2D eigenvalue weighted by Crippen LogP contribution is -2.44. The Balaban J connectivity index is 1.75. The summed E-state index contributed by atoms with van der Waals surface area (Å²) < 4.78 is 5.30. The summed E-state index contributed by atoms with van der Waals surface area (Å²) in [6.45, 7) is 3.96. The first kappa shape index (κ1) is 21.9. The van der Waals surface area contributed by atoms with E-state index < -0.39 is 11.9 Å². The number of halogens is 2. The molecule has 0 bridgehead atoms. The first-order valence-electron chi connectivity index (χ1n) is 9.39. The second-order valence-electron chi connectivity index (χ2n) is 7.22. The number of rotatable bonds is 7. The molecule has 156 valence electrons. The topological polar surface area (TPSA) is 84.2 Å². The minimum absolute atomic E-state index is 0.183. The van der Waals surface area contributed by atoms with Gasteiger partial charge in [0.2, 0.25) is 5.91 Å². The van der Waals surface area contributed by atoms with Crippen molar-refractivity contribution in [3.05, 3.63) is 70.7 Å². The van der Waals surface area contributed by atoms with Crippen LogP contribution >= 0.6 is 23.2 Å². The smallest absolute Gasteiger partial charge is 0.253 e. The van der Waals surface area contributed by atoms with Crippen LogP contribution in [0.4, 0.5) is 5.69 Å². The van der Waals surface area contributed by atoms with Crippen LogP contribution in [0.2, 0.25) is 10.0 Å². The lowest BCUT2D eigenvalue weighted by Gasteiger charge is -2.20. The molecule has 1 atom stereocenters. The molecule has 0 aliphatic heterocycles. The predicted octanol–water partition coefficient (Wildman–Crippen LogP) is 5.43. The molecule has 0 fully saturated rings. The van der Waals surface area contributed by atoms with E-state index in [1.165, 1.54) is 18.5 Å². The number of aromatic nitrogens is 1. The molecule has 0 aliphatic rings. The molecule has 0 aliphatic carbocycles. The fraction of sp³-hybridized carbons (Fsp3) is 0.227. The van der Waals surface area contributed by atoms with Crippen LogP contribution in [0.15, 0.2) is 59.5 Å². The summed E-state index contributed by atoms with van der Waals surface area (Å²) in [4.78, 5) is 29.5. The van der Waals surface area contributed by atoms with Gasteiger partial charge >= 0.3 is 0 Å². The molecule has 0 saturated heterocycles. The molecule has 0 saturated carbocycles. The molecule has 2 N–H and O–H groups in total. The molecule has 1 unspecified atom stereocenters. The van der Waals surface area contributed by atoms with Gasteiger partial charge in [-0.05, 0) is 42.7 Å². The van der Waals surface area contributed by atoms with Gasteiger partial charge in [-0.3, -0.25) is 9.59 Å². The van der Waals surface area contributed by atoms with Gasteiger partial charge in [0, 0.05) is 16.3 Å². The summed E-state index contributed by atoms with van der Waals surface area (Å²) in [6.07, 6.45) is 3.40. The third kappa shape index (κ3) is 5.62. The van der Waals surface area contributed by atoms with E-state index in [0.29, 0.717) is 22.9 Å². The van der Waals surface area contributed by atoms with Crippen molar-refractivity contribution in [1.82, 2.24) is 10.3 Å². The van der Waals surface area contributed by atoms with E-state index in [9.17, 15) is 9.59 Å². The SMILES string of the molecule is CC(C)CC(NC(=O)c1ccc(Cl)cc1Cl)C(=O)Nc1cccc(-c2cnco2)c1. The lowest BCUT2D eigenvalue weighted by atomic mass is 10.0. The number of carbonyl (C=O) groups is 2. The van der Waals surface area contributed by atoms with Gasteiger partial charge in [0.25, 0.3) is 5.91 Å². The highest BCUT2D eigenvalue weighted by Crippen LogP contribution is 2.23. The number of hydrogen-bond acceptors (Lipinski definition) is 4. The second-order valence-corrected chi connectivity index (χ2v) is 8.06. The van der Waals surface area contributed by atoms with E-state index in [0.717, 1.165) is 5.56 Å². The molecule has 8 heteroatoms. The molecular formula is C22H21Cl2N3O3. The molecule has 30 heavy (non-hydrogen) atoms. The van der Waals surface area contributed by atoms with Gasteiger partial charge in [0.05, 0.1) is 16.8 Å². The highest BCUT2D eigenvalue weighted by atomic mass is 35.5. The minimum atomic E-state index is -0.738. The quantitative estimate of drug-likeness (QED) is 0.507. The highest BCUT2D eigenvalue weighted by Gasteiger charge is 2.24. The van der Waals surface area contributed by atoms with Crippen LogP contribution in [0.25, 0.3) is 11.3 Å². The zero-order chi connectivity index (χ0) is 21.7. The van der Waals surface area contributed by atoms with Gasteiger partial charge in [-0.2, -0.15) is 0 Å². The Labute approximate surface area is 184 Å². The largest absolute Gasteiger partial charge is 0.444 e. The predicted molar refractivity (Wildman–Crippen MR) is 118 cm³/mol. The fourth-order valence-electron chi connectivity index (χ4n) is 2.95. The second kappa shape index (κ2) is 9.78. The number of hydrogen-bond donors (Lipinski definition) is 2. The molecule has 3 aromatic rings. The van der Waals surface area contributed by atoms with Gasteiger partial charge in [0.15, 0.2) is 12.2 Å². The number of nitrogens with zero attached hydrogens (tertiary/aromatic N) is 1. The number of oxazole rings is 1. The molecule has 2 aromatic carbocycles. The maximum Gasteiger partial charge on any atom is 0.253 e. The van der Waals surface area contributed by atoms with Crippen LogP contribution in [-0.4, -0.2) is 22.8 Å². The minimum Gasteiger partial charge on any atom is -0.444 e. The molecule has 0 radical (unpaired) electrons. The number of benzene rings is 2. The molecule has 2 amide bonds. The lowest BCUT2D eigenvalue weighted by molar-refractivity contribution is -0.118. The Morgan fingerprint density at radius 2 is 1.93 bits per heavy atom. The first-order valence-corrected chi connectivity index (χ1v) is 10.1.